The van der Waals surface area contributed by atoms with Crippen molar-refractivity contribution in [2.75, 3.05) is 40.3 Å². The molecule has 2 rings (SSSR count). The predicted octanol–water partition coefficient (Wildman–Crippen LogP) is 3.19. The zero-order valence-corrected chi connectivity index (χ0v) is 17.7. The highest BCUT2D eigenvalue weighted by Crippen LogP contribution is 2.25. The molecule has 1 aliphatic heterocycles. The second kappa shape index (κ2) is 12.1. The van der Waals surface area contributed by atoms with Crippen molar-refractivity contribution in [1.82, 2.24) is 15.5 Å². The van der Waals surface area contributed by atoms with Crippen molar-refractivity contribution >= 4 is 29.9 Å². The van der Waals surface area contributed by atoms with Crippen molar-refractivity contribution in [2.45, 2.75) is 25.3 Å². The Morgan fingerprint density at radius 1 is 1.24 bits per heavy atom. The molecular formula is C19H31IN4O. The number of hydrogen-bond donors (Lipinski definition) is 2. The molecule has 1 unspecified atom stereocenters. The van der Waals surface area contributed by atoms with Gasteiger partial charge in [0.05, 0.1) is 13.2 Å². The standard InChI is InChI=1S/C19H30N4O.HI/c1-4-12-21-19(20-2)22-15-18(23-13-6-5-7-14-23)16-8-10-17(24-3)11-9-16;/h4,8-11,18H,1,5-7,12-15H2,2-3H3,(H2,20,21,22);1H. The van der Waals surface area contributed by atoms with Crippen LogP contribution in [0.4, 0.5) is 0 Å². The van der Waals surface area contributed by atoms with Crippen LogP contribution in [0.15, 0.2) is 41.9 Å². The SMILES string of the molecule is C=CCNC(=NC)NCC(c1ccc(OC)cc1)N1CCCCC1.I. The second-order valence-electron chi connectivity index (χ2n) is 6.01. The smallest absolute Gasteiger partial charge is 0.191 e. The molecule has 0 saturated carbocycles. The molecule has 0 amide bonds. The third kappa shape index (κ3) is 6.86. The summed E-state index contributed by atoms with van der Waals surface area (Å²) in [4.78, 5) is 6.84. The van der Waals surface area contributed by atoms with Gasteiger partial charge in [0.1, 0.15) is 5.75 Å². The van der Waals surface area contributed by atoms with E-state index in [1.165, 1.54) is 24.8 Å². The van der Waals surface area contributed by atoms with E-state index in [-0.39, 0.29) is 24.0 Å². The van der Waals surface area contributed by atoms with Crippen LogP contribution in [0.1, 0.15) is 30.9 Å². The van der Waals surface area contributed by atoms with E-state index in [0.717, 1.165) is 31.3 Å². The highest BCUT2D eigenvalue weighted by Gasteiger charge is 2.22. The zero-order chi connectivity index (χ0) is 17.2. The molecule has 2 N–H and O–H groups in total. The number of aliphatic imine (C=N–C) groups is 1. The Balaban J connectivity index is 0.00000312. The Morgan fingerprint density at radius 2 is 1.92 bits per heavy atom. The summed E-state index contributed by atoms with van der Waals surface area (Å²) < 4.78 is 5.29. The Bertz CT molecular complexity index is 527. The van der Waals surface area contributed by atoms with Crippen molar-refractivity contribution < 1.29 is 4.74 Å². The van der Waals surface area contributed by atoms with E-state index in [4.69, 9.17) is 4.74 Å². The molecule has 1 atom stereocenters. The predicted molar refractivity (Wildman–Crippen MR) is 116 cm³/mol. The lowest BCUT2D eigenvalue weighted by Gasteiger charge is -2.35. The molecule has 0 aliphatic carbocycles. The van der Waals surface area contributed by atoms with Gasteiger partial charge in [-0.15, -0.1) is 30.6 Å². The molecule has 25 heavy (non-hydrogen) atoms. The van der Waals surface area contributed by atoms with Crippen LogP contribution in [-0.2, 0) is 0 Å². The maximum Gasteiger partial charge on any atom is 0.191 e. The lowest BCUT2D eigenvalue weighted by atomic mass is 10.0. The van der Waals surface area contributed by atoms with Gasteiger partial charge >= 0.3 is 0 Å². The summed E-state index contributed by atoms with van der Waals surface area (Å²) in [6, 6.07) is 8.74. The van der Waals surface area contributed by atoms with E-state index >= 15 is 0 Å². The highest BCUT2D eigenvalue weighted by molar-refractivity contribution is 14.0. The van der Waals surface area contributed by atoms with Crippen LogP contribution in [0, 0.1) is 0 Å². The van der Waals surface area contributed by atoms with Gasteiger partial charge in [0.2, 0.25) is 0 Å². The van der Waals surface area contributed by atoms with Crippen molar-refractivity contribution in [3.63, 3.8) is 0 Å². The fraction of sp³-hybridized carbons (Fsp3) is 0.526. The molecule has 140 valence electrons. The van der Waals surface area contributed by atoms with Crippen molar-refractivity contribution in [3.05, 3.63) is 42.5 Å². The van der Waals surface area contributed by atoms with Crippen molar-refractivity contribution in [1.29, 1.82) is 0 Å². The summed E-state index contributed by atoms with van der Waals surface area (Å²) in [5, 5.41) is 6.68. The number of guanidine groups is 1. The summed E-state index contributed by atoms with van der Waals surface area (Å²) in [6.07, 6.45) is 5.71. The van der Waals surface area contributed by atoms with E-state index in [0.29, 0.717) is 12.6 Å². The van der Waals surface area contributed by atoms with Crippen LogP contribution in [0.25, 0.3) is 0 Å². The number of likely N-dealkylation sites (tertiary alicyclic amines) is 1. The van der Waals surface area contributed by atoms with Gasteiger partial charge in [-0.2, -0.15) is 0 Å². The Morgan fingerprint density at radius 3 is 2.48 bits per heavy atom. The van der Waals surface area contributed by atoms with Gasteiger partial charge < -0.3 is 15.4 Å². The normalized spacial score (nSPS) is 16.5. The fourth-order valence-electron chi connectivity index (χ4n) is 3.10. The van der Waals surface area contributed by atoms with Gasteiger partial charge in [0.15, 0.2) is 5.96 Å². The van der Waals surface area contributed by atoms with E-state index in [1.807, 2.05) is 18.2 Å². The molecule has 1 fully saturated rings. The third-order valence-electron chi connectivity index (χ3n) is 4.43. The summed E-state index contributed by atoms with van der Waals surface area (Å²) >= 11 is 0. The second-order valence-corrected chi connectivity index (χ2v) is 6.01. The van der Waals surface area contributed by atoms with E-state index < -0.39 is 0 Å². The van der Waals surface area contributed by atoms with Crippen molar-refractivity contribution in [2.24, 2.45) is 4.99 Å². The maximum atomic E-state index is 5.29. The molecule has 1 aliphatic rings. The average Bonchev–Trinajstić information content (AvgIpc) is 2.65. The third-order valence-corrected chi connectivity index (χ3v) is 4.43. The van der Waals surface area contributed by atoms with Gasteiger partial charge in [0, 0.05) is 20.1 Å². The largest absolute Gasteiger partial charge is 0.497 e. The van der Waals surface area contributed by atoms with Gasteiger partial charge in [-0.1, -0.05) is 24.6 Å². The number of piperidine rings is 1. The van der Waals surface area contributed by atoms with E-state index in [1.54, 1.807) is 14.2 Å². The zero-order valence-electron chi connectivity index (χ0n) is 15.3. The molecule has 1 aromatic carbocycles. The van der Waals surface area contributed by atoms with E-state index in [9.17, 15) is 0 Å². The number of rotatable bonds is 7. The first-order valence-corrected chi connectivity index (χ1v) is 8.72. The van der Waals surface area contributed by atoms with Gasteiger partial charge in [-0.25, -0.2) is 0 Å². The van der Waals surface area contributed by atoms with Crippen LogP contribution in [0.2, 0.25) is 0 Å². The van der Waals surface area contributed by atoms with Crippen LogP contribution in [0.5, 0.6) is 5.75 Å². The number of benzene rings is 1. The molecule has 1 aromatic rings. The summed E-state index contributed by atoms with van der Waals surface area (Å²) in [5.74, 6) is 1.71. The Kier molecular flexibility index (Phi) is 10.6. The van der Waals surface area contributed by atoms with Crippen LogP contribution < -0.4 is 15.4 Å². The van der Waals surface area contributed by atoms with Crippen molar-refractivity contribution in [3.8, 4) is 5.75 Å². The topological polar surface area (TPSA) is 48.9 Å². The molecule has 5 nitrogen and oxygen atoms in total. The maximum absolute atomic E-state index is 5.29. The first-order valence-electron chi connectivity index (χ1n) is 8.72. The molecule has 1 heterocycles. The molecule has 0 aromatic heterocycles. The molecule has 0 spiro atoms. The molecular weight excluding hydrogens is 427 g/mol. The lowest BCUT2D eigenvalue weighted by molar-refractivity contribution is 0.164. The van der Waals surface area contributed by atoms with Crippen LogP contribution in [-0.4, -0.2) is 51.2 Å². The fourth-order valence-corrected chi connectivity index (χ4v) is 3.10. The minimum absolute atomic E-state index is 0. The molecule has 0 radical (unpaired) electrons. The number of hydrogen-bond acceptors (Lipinski definition) is 3. The molecule has 6 heteroatoms. The lowest BCUT2D eigenvalue weighted by Crippen LogP contribution is -2.44. The van der Waals surface area contributed by atoms with Gasteiger partial charge in [-0.05, 0) is 43.6 Å². The quantitative estimate of drug-likeness (QED) is 0.285. The average molecular weight is 458 g/mol. The Hall–Kier alpha value is -1.28. The number of halogens is 1. The first-order chi connectivity index (χ1) is 11.8. The monoisotopic (exact) mass is 458 g/mol. The number of methoxy groups -OCH3 is 1. The minimum Gasteiger partial charge on any atom is -0.497 e. The van der Waals surface area contributed by atoms with Crippen LogP contribution in [0.3, 0.4) is 0 Å². The van der Waals surface area contributed by atoms with Gasteiger partial charge in [0.25, 0.3) is 0 Å². The number of nitrogens with one attached hydrogen (secondary N) is 2. The number of nitrogens with zero attached hydrogens (tertiary/aromatic N) is 2. The summed E-state index contributed by atoms with van der Waals surface area (Å²) in [6.45, 7) is 7.56. The first kappa shape index (κ1) is 21.8. The van der Waals surface area contributed by atoms with Gasteiger partial charge in [-0.3, -0.25) is 9.89 Å². The Labute approximate surface area is 168 Å². The minimum atomic E-state index is 0. The summed E-state index contributed by atoms with van der Waals surface area (Å²) in [5.41, 5.74) is 1.31. The highest BCUT2D eigenvalue weighted by atomic mass is 127. The summed E-state index contributed by atoms with van der Waals surface area (Å²) in [7, 11) is 3.50. The van der Waals surface area contributed by atoms with Crippen LogP contribution >= 0.6 is 24.0 Å². The molecule has 1 saturated heterocycles. The van der Waals surface area contributed by atoms with E-state index in [2.05, 4.69) is 39.2 Å². The molecule has 0 bridgehead atoms. The number of ether oxygens (including phenoxy) is 1.